The number of carbonyl (C=O) groups is 1. The van der Waals surface area contributed by atoms with E-state index in [2.05, 4.69) is 5.32 Å². The van der Waals surface area contributed by atoms with Crippen molar-refractivity contribution in [2.75, 3.05) is 26.4 Å². The Labute approximate surface area is 121 Å². The van der Waals surface area contributed by atoms with Crippen molar-refractivity contribution in [3.63, 3.8) is 0 Å². The Morgan fingerprint density at radius 1 is 1.25 bits per heavy atom. The van der Waals surface area contributed by atoms with Crippen LogP contribution >= 0.6 is 11.6 Å². The highest BCUT2D eigenvalue weighted by Gasteiger charge is 2.29. The third kappa shape index (κ3) is 4.97. The standard InChI is InChI=1S/C13H18ClNO5/c14-10-2-1-3-11(6-10)20-5-4-12(19)15-13(7-16,8-17)9-18/h1-3,6,16-18H,4-5,7-9H2,(H,15,19). The highest BCUT2D eigenvalue weighted by molar-refractivity contribution is 6.30. The number of halogens is 1. The number of hydrogen-bond acceptors (Lipinski definition) is 5. The second kappa shape index (κ2) is 8.06. The third-order valence-electron chi connectivity index (χ3n) is 2.71. The second-order valence-corrected chi connectivity index (χ2v) is 4.80. The molecule has 4 N–H and O–H groups in total. The molecule has 20 heavy (non-hydrogen) atoms. The van der Waals surface area contributed by atoms with Gasteiger partial charge in [0, 0.05) is 5.02 Å². The summed E-state index contributed by atoms with van der Waals surface area (Å²) < 4.78 is 5.34. The summed E-state index contributed by atoms with van der Waals surface area (Å²) in [4.78, 5) is 11.6. The van der Waals surface area contributed by atoms with Gasteiger partial charge in [0.15, 0.2) is 0 Å². The van der Waals surface area contributed by atoms with Gasteiger partial charge in [-0.2, -0.15) is 0 Å². The third-order valence-corrected chi connectivity index (χ3v) is 2.94. The lowest BCUT2D eigenvalue weighted by atomic mass is 10.0. The van der Waals surface area contributed by atoms with Gasteiger partial charge >= 0.3 is 0 Å². The molecule has 7 heteroatoms. The molecule has 1 amide bonds. The van der Waals surface area contributed by atoms with Gasteiger partial charge < -0.3 is 25.4 Å². The summed E-state index contributed by atoms with van der Waals surface area (Å²) in [6.45, 7) is -1.55. The summed E-state index contributed by atoms with van der Waals surface area (Å²) in [6.07, 6.45) is 0.0221. The van der Waals surface area contributed by atoms with E-state index in [4.69, 9.17) is 31.7 Å². The molecule has 0 fully saturated rings. The number of aliphatic hydroxyl groups is 3. The van der Waals surface area contributed by atoms with Crippen LogP contribution in [0.25, 0.3) is 0 Å². The molecule has 0 saturated carbocycles. The van der Waals surface area contributed by atoms with Crippen LogP contribution in [0.15, 0.2) is 24.3 Å². The molecule has 1 aromatic carbocycles. The first kappa shape index (κ1) is 16.7. The molecule has 112 valence electrons. The summed E-state index contributed by atoms with van der Waals surface area (Å²) in [6, 6.07) is 6.77. The predicted molar refractivity (Wildman–Crippen MR) is 73.7 cm³/mol. The number of ether oxygens (including phenoxy) is 1. The number of hydrogen-bond donors (Lipinski definition) is 4. The Balaban J connectivity index is 2.40. The second-order valence-electron chi connectivity index (χ2n) is 4.36. The predicted octanol–water partition coefficient (Wildman–Crippen LogP) is -0.0592. The van der Waals surface area contributed by atoms with Crippen molar-refractivity contribution in [2.45, 2.75) is 12.0 Å². The lowest BCUT2D eigenvalue weighted by Crippen LogP contribution is -2.57. The Hall–Kier alpha value is -1.34. The lowest BCUT2D eigenvalue weighted by Gasteiger charge is -2.28. The molecule has 0 aromatic heterocycles. The van der Waals surface area contributed by atoms with Crippen LogP contribution in [0.5, 0.6) is 5.75 Å². The number of amides is 1. The smallest absolute Gasteiger partial charge is 0.224 e. The molecule has 0 spiro atoms. The van der Waals surface area contributed by atoms with Gasteiger partial charge in [-0.25, -0.2) is 0 Å². The van der Waals surface area contributed by atoms with Crippen molar-refractivity contribution >= 4 is 17.5 Å². The summed E-state index contributed by atoms with van der Waals surface area (Å²) in [5.41, 5.74) is -1.41. The summed E-state index contributed by atoms with van der Waals surface area (Å²) in [7, 11) is 0. The molecule has 1 aromatic rings. The first-order valence-corrected chi connectivity index (χ1v) is 6.45. The van der Waals surface area contributed by atoms with Gasteiger partial charge in [0.05, 0.1) is 32.8 Å². The molecule has 0 unspecified atom stereocenters. The molecular formula is C13H18ClNO5. The zero-order chi connectivity index (χ0) is 15.0. The van der Waals surface area contributed by atoms with E-state index < -0.39 is 31.3 Å². The van der Waals surface area contributed by atoms with E-state index >= 15 is 0 Å². The van der Waals surface area contributed by atoms with Gasteiger partial charge in [0.1, 0.15) is 11.3 Å². The molecule has 1 rings (SSSR count). The first-order chi connectivity index (χ1) is 9.55. The van der Waals surface area contributed by atoms with E-state index in [1.165, 1.54) is 0 Å². The molecule has 0 aliphatic heterocycles. The number of nitrogens with one attached hydrogen (secondary N) is 1. The molecule has 6 nitrogen and oxygen atoms in total. The van der Waals surface area contributed by atoms with Crippen LogP contribution in [-0.2, 0) is 4.79 Å². The fraction of sp³-hybridized carbons (Fsp3) is 0.462. The van der Waals surface area contributed by atoms with Crippen LogP contribution < -0.4 is 10.1 Å². The first-order valence-electron chi connectivity index (χ1n) is 6.07. The largest absolute Gasteiger partial charge is 0.493 e. The van der Waals surface area contributed by atoms with Crippen LogP contribution in [0, 0.1) is 0 Å². The molecular weight excluding hydrogens is 286 g/mol. The highest BCUT2D eigenvalue weighted by Crippen LogP contribution is 2.17. The van der Waals surface area contributed by atoms with Gasteiger partial charge in [-0.1, -0.05) is 17.7 Å². The molecule has 0 atom stereocenters. The fourth-order valence-electron chi connectivity index (χ4n) is 1.45. The average molecular weight is 304 g/mol. The Bertz CT molecular complexity index is 428. The molecule has 0 radical (unpaired) electrons. The molecule has 0 aliphatic carbocycles. The van der Waals surface area contributed by atoms with Crippen molar-refractivity contribution in [3.8, 4) is 5.75 Å². The topological polar surface area (TPSA) is 99.0 Å². The van der Waals surface area contributed by atoms with E-state index in [0.717, 1.165) is 0 Å². The van der Waals surface area contributed by atoms with E-state index in [-0.39, 0.29) is 13.0 Å². The monoisotopic (exact) mass is 303 g/mol. The van der Waals surface area contributed by atoms with Crippen molar-refractivity contribution in [3.05, 3.63) is 29.3 Å². The highest BCUT2D eigenvalue weighted by atomic mass is 35.5. The maximum absolute atomic E-state index is 11.6. The molecule has 0 saturated heterocycles. The van der Waals surface area contributed by atoms with E-state index in [1.807, 2.05) is 0 Å². The Morgan fingerprint density at radius 2 is 1.90 bits per heavy atom. The van der Waals surface area contributed by atoms with Gasteiger partial charge in [0.2, 0.25) is 5.91 Å². The summed E-state index contributed by atoms with van der Waals surface area (Å²) in [5, 5.41) is 30.2. The maximum atomic E-state index is 11.6. The van der Waals surface area contributed by atoms with E-state index in [0.29, 0.717) is 10.8 Å². The van der Waals surface area contributed by atoms with E-state index in [1.54, 1.807) is 24.3 Å². The minimum Gasteiger partial charge on any atom is -0.493 e. The minimum absolute atomic E-state index is 0.0221. The summed E-state index contributed by atoms with van der Waals surface area (Å²) in [5.74, 6) is 0.104. The maximum Gasteiger partial charge on any atom is 0.224 e. The Morgan fingerprint density at radius 3 is 2.45 bits per heavy atom. The van der Waals surface area contributed by atoms with Gasteiger partial charge in [-0.3, -0.25) is 4.79 Å². The van der Waals surface area contributed by atoms with Crippen LogP contribution in [0.3, 0.4) is 0 Å². The number of benzene rings is 1. The Kier molecular flexibility index (Phi) is 6.74. The van der Waals surface area contributed by atoms with Crippen LogP contribution in [0.4, 0.5) is 0 Å². The SMILES string of the molecule is O=C(CCOc1cccc(Cl)c1)NC(CO)(CO)CO. The van der Waals surface area contributed by atoms with E-state index in [9.17, 15) is 4.79 Å². The summed E-state index contributed by atoms with van der Waals surface area (Å²) >= 11 is 5.79. The van der Waals surface area contributed by atoms with Crippen molar-refractivity contribution in [1.29, 1.82) is 0 Å². The fourth-order valence-corrected chi connectivity index (χ4v) is 1.63. The average Bonchev–Trinajstić information content (AvgIpc) is 2.45. The van der Waals surface area contributed by atoms with Crippen LogP contribution in [0.2, 0.25) is 5.02 Å². The van der Waals surface area contributed by atoms with Gasteiger partial charge in [-0.15, -0.1) is 0 Å². The molecule has 0 aliphatic rings. The number of rotatable bonds is 8. The molecule has 0 bridgehead atoms. The van der Waals surface area contributed by atoms with Crippen LogP contribution in [0.1, 0.15) is 6.42 Å². The number of aliphatic hydroxyl groups excluding tert-OH is 3. The van der Waals surface area contributed by atoms with Crippen molar-refractivity contribution in [1.82, 2.24) is 5.32 Å². The van der Waals surface area contributed by atoms with Gasteiger partial charge in [0.25, 0.3) is 0 Å². The lowest BCUT2D eigenvalue weighted by molar-refractivity contribution is -0.125. The minimum atomic E-state index is -1.41. The van der Waals surface area contributed by atoms with Crippen LogP contribution in [-0.4, -0.2) is 53.2 Å². The zero-order valence-electron chi connectivity index (χ0n) is 10.9. The molecule has 0 heterocycles. The normalized spacial score (nSPS) is 11.2. The number of carbonyl (C=O) groups excluding carboxylic acids is 1. The quantitative estimate of drug-likeness (QED) is 0.539. The van der Waals surface area contributed by atoms with Crippen molar-refractivity contribution in [2.24, 2.45) is 0 Å². The zero-order valence-corrected chi connectivity index (χ0v) is 11.6. The van der Waals surface area contributed by atoms with Crippen molar-refractivity contribution < 1.29 is 24.9 Å². The van der Waals surface area contributed by atoms with Gasteiger partial charge in [-0.05, 0) is 18.2 Å².